The number of nitrogens with zero attached hydrogens (tertiary/aromatic N) is 6. The van der Waals surface area contributed by atoms with Crippen LogP contribution in [-0.4, -0.2) is 102 Å². The molecule has 0 bridgehead atoms. The average Bonchev–Trinajstić information content (AvgIpc) is 3.80. The van der Waals surface area contributed by atoms with Gasteiger partial charge >= 0.3 is 0 Å². The Morgan fingerprint density at radius 3 is 2.53 bits per heavy atom. The van der Waals surface area contributed by atoms with Crippen LogP contribution in [0.2, 0.25) is 0 Å². The van der Waals surface area contributed by atoms with Gasteiger partial charge in [-0.15, -0.1) is 0 Å². The number of nitrogens with two attached hydrogens (primary N) is 1. The Balaban J connectivity index is 1.10. The van der Waals surface area contributed by atoms with E-state index in [-0.39, 0.29) is 23.2 Å². The zero-order valence-corrected chi connectivity index (χ0v) is 25.1. The van der Waals surface area contributed by atoms with Gasteiger partial charge in [-0.05, 0) is 69.7 Å². The van der Waals surface area contributed by atoms with Crippen LogP contribution in [0.1, 0.15) is 63.1 Å². The summed E-state index contributed by atoms with van der Waals surface area (Å²) in [5.74, 6) is 0.612. The van der Waals surface area contributed by atoms with Crippen LogP contribution in [0.4, 0.5) is 20.3 Å². The predicted molar refractivity (Wildman–Crippen MR) is 163 cm³/mol. The molecular formula is C32H43F2N7O2. The van der Waals surface area contributed by atoms with Gasteiger partial charge in [0.25, 0.3) is 6.43 Å². The van der Waals surface area contributed by atoms with E-state index >= 15 is 0 Å². The molecule has 1 aliphatic carbocycles. The maximum atomic E-state index is 14.5. The molecule has 7 rings (SSSR count). The number of anilines is 2. The van der Waals surface area contributed by atoms with Crippen molar-refractivity contribution in [1.29, 1.82) is 0 Å². The zero-order chi connectivity index (χ0) is 29.9. The summed E-state index contributed by atoms with van der Waals surface area (Å²) in [5, 5.41) is 0. The lowest BCUT2D eigenvalue weighted by atomic mass is 9.82. The molecule has 4 fully saturated rings. The summed E-state index contributed by atoms with van der Waals surface area (Å²) in [6.07, 6.45) is 6.35. The molecule has 3 saturated heterocycles. The number of ether oxygens (including phenoxy) is 1. The van der Waals surface area contributed by atoms with Gasteiger partial charge in [0.1, 0.15) is 17.1 Å². The topological polar surface area (TPSA) is 90.5 Å². The molecule has 1 amide bonds. The highest BCUT2D eigenvalue weighted by molar-refractivity contribution is 6.07. The van der Waals surface area contributed by atoms with Gasteiger partial charge in [-0.1, -0.05) is 6.58 Å². The molecule has 6 heterocycles. The van der Waals surface area contributed by atoms with E-state index in [2.05, 4.69) is 32.3 Å². The number of amides is 1. The maximum Gasteiger partial charge on any atom is 0.280 e. The smallest absolute Gasteiger partial charge is 0.280 e. The van der Waals surface area contributed by atoms with E-state index in [9.17, 15) is 13.6 Å². The SMILES string of the molecule is C=CC(=O)N1CCN(C2CN3c4cc(N5CCC6(CC5)OCC5(CC5)N=C6/C(C)=C\N)nc(C(F)F)c4CCCC23)CC1. The Kier molecular flexibility index (Phi) is 7.23. The van der Waals surface area contributed by atoms with E-state index in [4.69, 9.17) is 15.5 Å². The largest absolute Gasteiger partial charge is 0.404 e. The standard InChI is InChI=1S/C32H43F2N7O2/c1-3-27(42)40-15-13-38(14-16-40)25-19-41-23(25)6-4-5-22-24(41)17-26(36-28(22)30(33)34)39-11-9-32(10-12-39)29(21(2)18-35)37-31(7-8-31)20-43-32/h3,17-18,23,25,30H,1,4-16,19-20,35H2,2H3/b21-18-. The number of hydrogen-bond acceptors (Lipinski definition) is 8. The maximum absolute atomic E-state index is 14.5. The number of piperidine rings is 1. The number of carbonyl (C=O) groups is 1. The molecule has 6 aliphatic rings. The van der Waals surface area contributed by atoms with E-state index < -0.39 is 12.0 Å². The van der Waals surface area contributed by atoms with Crippen LogP contribution < -0.4 is 15.5 Å². The normalized spacial score (nSPS) is 28.2. The fraction of sp³-hybridized carbons (Fsp3) is 0.656. The third kappa shape index (κ3) is 4.92. The van der Waals surface area contributed by atoms with Gasteiger partial charge in [-0.3, -0.25) is 14.7 Å². The number of aromatic nitrogens is 1. The first kappa shape index (κ1) is 28.7. The average molecular weight is 596 g/mol. The summed E-state index contributed by atoms with van der Waals surface area (Å²) in [4.78, 5) is 30.6. The molecule has 0 radical (unpaired) electrons. The lowest BCUT2D eigenvalue weighted by Crippen LogP contribution is -2.69. The summed E-state index contributed by atoms with van der Waals surface area (Å²) in [5.41, 5.74) is 8.85. The Labute approximate surface area is 252 Å². The molecule has 9 nitrogen and oxygen atoms in total. The highest BCUT2D eigenvalue weighted by Gasteiger charge is 2.53. The quantitative estimate of drug-likeness (QED) is 0.522. The van der Waals surface area contributed by atoms with Gasteiger partial charge in [0, 0.05) is 75.2 Å². The van der Waals surface area contributed by atoms with Crippen molar-refractivity contribution in [3.63, 3.8) is 0 Å². The highest BCUT2D eigenvalue weighted by Crippen LogP contribution is 2.48. The Morgan fingerprint density at radius 2 is 1.88 bits per heavy atom. The number of pyridine rings is 1. The van der Waals surface area contributed by atoms with Gasteiger partial charge < -0.3 is 25.2 Å². The van der Waals surface area contributed by atoms with Crippen LogP contribution in [0, 0.1) is 0 Å². The molecule has 2 spiro atoms. The van der Waals surface area contributed by atoms with E-state index in [1.165, 1.54) is 6.08 Å². The monoisotopic (exact) mass is 595 g/mol. The fourth-order valence-corrected chi connectivity index (χ4v) is 7.94. The number of hydrogen-bond donors (Lipinski definition) is 1. The van der Waals surface area contributed by atoms with Crippen molar-refractivity contribution < 1.29 is 18.3 Å². The number of alkyl halides is 2. The van der Waals surface area contributed by atoms with Crippen molar-refractivity contribution in [2.24, 2.45) is 10.7 Å². The number of aliphatic imine (C=N–C) groups is 1. The molecule has 2 atom stereocenters. The van der Waals surface area contributed by atoms with Crippen LogP contribution in [0.25, 0.3) is 0 Å². The molecule has 11 heteroatoms. The van der Waals surface area contributed by atoms with Gasteiger partial charge in [-0.25, -0.2) is 13.8 Å². The minimum Gasteiger partial charge on any atom is -0.404 e. The summed E-state index contributed by atoms with van der Waals surface area (Å²) in [6, 6.07) is 2.71. The number of rotatable bonds is 5. The van der Waals surface area contributed by atoms with Crippen LogP contribution in [0.15, 0.2) is 35.5 Å². The van der Waals surface area contributed by atoms with Gasteiger partial charge in [0.15, 0.2) is 0 Å². The molecule has 1 aromatic heterocycles. The lowest BCUT2D eigenvalue weighted by molar-refractivity contribution is -0.128. The Morgan fingerprint density at radius 1 is 1.14 bits per heavy atom. The minimum absolute atomic E-state index is 0.0159. The van der Waals surface area contributed by atoms with Crippen LogP contribution in [0.5, 0.6) is 0 Å². The number of piperazine rings is 1. The minimum atomic E-state index is -2.62. The van der Waals surface area contributed by atoms with Crippen molar-refractivity contribution in [2.75, 3.05) is 62.2 Å². The molecule has 2 N–H and O–H groups in total. The van der Waals surface area contributed by atoms with E-state index in [1.807, 2.05) is 11.8 Å². The molecular weight excluding hydrogens is 552 g/mol. The molecule has 1 saturated carbocycles. The van der Waals surface area contributed by atoms with Gasteiger partial charge in [-0.2, -0.15) is 0 Å². The fourth-order valence-electron chi connectivity index (χ4n) is 7.94. The number of fused-ring (bicyclic) bond motifs is 3. The van der Waals surface area contributed by atoms with Crippen molar-refractivity contribution >= 4 is 23.1 Å². The van der Waals surface area contributed by atoms with Crippen molar-refractivity contribution in [3.05, 3.63) is 41.8 Å². The second-order valence-corrected chi connectivity index (χ2v) is 13.2. The molecule has 5 aliphatic heterocycles. The number of carbonyl (C=O) groups excluding carboxylic acids is 1. The highest BCUT2D eigenvalue weighted by atomic mass is 19.3. The third-order valence-corrected chi connectivity index (χ3v) is 10.8. The first-order valence-corrected chi connectivity index (χ1v) is 15.9. The van der Waals surface area contributed by atoms with E-state index in [0.717, 1.165) is 62.3 Å². The van der Waals surface area contributed by atoms with Crippen molar-refractivity contribution in [1.82, 2.24) is 14.8 Å². The number of halogens is 2. The van der Waals surface area contributed by atoms with Crippen LogP contribution >= 0.6 is 0 Å². The molecule has 232 valence electrons. The van der Waals surface area contributed by atoms with E-state index in [1.54, 1.807) is 6.20 Å². The van der Waals surface area contributed by atoms with Crippen LogP contribution in [0.3, 0.4) is 0 Å². The van der Waals surface area contributed by atoms with Gasteiger partial charge in [0.05, 0.1) is 17.9 Å². The predicted octanol–water partition coefficient (Wildman–Crippen LogP) is 3.45. The summed E-state index contributed by atoms with van der Waals surface area (Å²) in [7, 11) is 0. The first-order valence-electron chi connectivity index (χ1n) is 15.9. The van der Waals surface area contributed by atoms with Crippen molar-refractivity contribution in [3.8, 4) is 0 Å². The first-order chi connectivity index (χ1) is 20.8. The second kappa shape index (κ2) is 10.8. The molecule has 0 aromatic carbocycles. The summed E-state index contributed by atoms with van der Waals surface area (Å²) < 4.78 is 35.6. The third-order valence-electron chi connectivity index (χ3n) is 10.8. The second-order valence-electron chi connectivity index (χ2n) is 13.2. The lowest BCUT2D eigenvalue weighted by Gasteiger charge is -2.55. The van der Waals surface area contributed by atoms with Crippen LogP contribution in [-0.2, 0) is 16.0 Å². The molecule has 2 unspecified atom stereocenters. The van der Waals surface area contributed by atoms with Crippen molar-refractivity contribution in [2.45, 2.75) is 81.5 Å². The Bertz CT molecular complexity index is 1340. The summed E-state index contributed by atoms with van der Waals surface area (Å²) >= 11 is 0. The van der Waals surface area contributed by atoms with Gasteiger partial charge in [0.2, 0.25) is 5.91 Å². The molecule has 43 heavy (non-hydrogen) atoms. The van der Waals surface area contributed by atoms with E-state index in [0.29, 0.717) is 69.5 Å². The zero-order valence-electron chi connectivity index (χ0n) is 25.1. The summed E-state index contributed by atoms with van der Waals surface area (Å²) in [6.45, 7) is 11.4. The Hall–Kier alpha value is -3.05. The molecule has 1 aromatic rings.